The first-order chi connectivity index (χ1) is 9.04. The van der Waals surface area contributed by atoms with Crippen molar-refractivity contribution in [1.82, 2.24) is 15.2 Å². The van der Waals surface area contributed by atoms with Crippen molar-refractivity contribution in [2.45, 2.75) is 12.6 Å². The van der Waals surface area contributed by atoms with Crippen LogP contribution >= 0.6 is 0 Å². The Labute approximate surface area is 111 Å². The highest BCUT2D eigenvalue weighted by Gasteiger charge is 2.18. The maximum atomic E-state index is 11.7. The van der Waals surface area contributed by atoms with Crippen molar-refractivity contribution in [2.24, 2.45) is 0 Å². The molecule has 0 spiro atoms. The average Bonchev–Trinajstić information content (AvgIpc) is 2.39. The highest BCUT2D eigenvalue weighted by atomic mass is 16.5. The number of methoxy groups -OCH3 is 1. The summed E-state index contributed by atoms with van der Waals surface area (Å²) >= 11 is 0. The number of aliphatic carboxylic acids is 1. The number of rotatable bonds is 6. The van der Waals surface area contributed by atoms with Crippen LogP contribution < -0.4 is 5.32 Å². The molecule has 0 bridgehead atoms. The number of aromatic nitrogens is 1. The van der Waals surface area contributed by atoms with Gasteiger partial charge in [-0.2, -0.15) is 0 Å². The van der Waals surface area contributed by atoms with Crippen molar-refractivity contribution in [2.75, 3.05) is 20.7 Å². The average molecular weight is 267 g/mol. The number of carbonyl (C=O) groups is 2. The Morgan fingerprint density at radius 3 is 2.84 bits per heavy atom. The molecule has 1 heterocycles. The number of carbonyl (C=O) groups excluding carboxylic acids is 1. The van der Waals surface area contributed by atoms with Crippen molar-refractivity contribution < 1.29 is 19.4 Å². The van der Waals surface area contributed by atoms with Gasteiger partial charge in [-0.05, 0) is 11.6 Å². The van der Waals surface area contributed by atoms with Gasteiger partial charge in [0, 0.05) is 33.1 Å². The Morgan fingerprint density at radius 2 is 2.32 bits per heavy atom. The molecule has 0 saturated carbocycles. The molecule has 0 aliphatic rings. The van der Waals surface area contributed by atoms with Crippen LogP contribution in [0.5, 0.6) is 0 Å². The summed E-state index contributed by atoms with van der Waals surface area (Å²) in [4.78, 5) is 27.8. The first kappa shape index (κ1) is 14.9. The van der Waals surface area contributed by atoms with Crippen LogP contribution in [0.25, 0.3) is 0 Å². The van der Waals surface area contributed by atoms with Crippen LogP contribution in [0.1, 0.15) is 5.56 Å². The second kappa shape index (κ2) is 7.32. The highest BCUT2D eigenvalue weighted by Crippen LogP contribution is 2.00. The van der Waals surface area contributed by atoms with Gasteiger partial charge in [-0.25, -0.2) is 9.59 Å². The maximum absolute atomic E-state index is 11.7. The minimum absolute atomic E-state index is 0.0813. The standard InChI is InChI=1S/C12H17N3O4/c1-15(8-9-4-3-5-13-6-9)12(18)14-7-10(19-2)11(16)17/h3-6,10H,7-8H2,1-2H3,(H,14,18)(H,16,17). The van der Waals surface area contributed by atoms with Gasteiger partial charge in [0.1, 0.15) is 0 Å². The fraction of sp³-hybridized carbons (Fsp3) is 0.417. The Hall–Kier alpha value is -2.15. The monoisotopic (exact) mass is 267 g/mol. The van der Waals surface area contributed by atoms with E-state index in [2.05, 4.69) is 10.3 Å². The lowest BCUT2D eigenvalue weighted by molar-refractivity contribution is -0.148. The van der Waals surface area contributed by atoms with Crippen LogP contribution in [0.2, 0.25) is 0 Å². The molecule has 2 amide bonds. The molecular formula is C12H17N3O4. The molecular weight excluding hydrogens is 250 g/mol. The van der Waals surface area contributed by atoms with E-state index < -0.39 is 12.1 Å². The van der Waals surface area contributed by atoms with Gasteiger partial charge in [0.25, 0.3) is 0 Å². The summed E-state index contributed by atoms with van der Waals surface area (Å²) in [5.74, 6) is -1.11. The molecule has 104 valence electrons. The predicted molar refractivity (Wildman–Crippen MR) is 67.5 cm³/mol. The second-order valence-electron chi connectivity index (χ2n) is 3.97. The lowest BCUT2D eigenvalue weighted by atomic mass is 10.3. The number of hydrogen-bond acceptors (Lipinski definition) is 4. The molecule has 1 atom stereocenters. The first-order valence-corrected chi connectivity index (χ1v) is 5.68. The zero-order valence-electron chi connectivity index (χ0n) is 10.9. The van der Waals surface area contributed by atoms with Crippen molar-refractivity contribution in [3.05, 3.63) is 30.1 Å². The van der Waals surface area contributed by atoms with E-state index >= 15 is 0 Å². The third-order valence-electron chi connectivity index (χ3n) is 2.49. The molecule has 2 N–H and O–H groups in total. The van der Waals surface area contributed by atoms with E-state index in [1.807, 2.05) is 6.07 Å². The molecule has 1 aromatic heterocycles. The van der Waals surface area contributed by atoms with Gasteiger partial charge in [0.05, 0.1) is 6.54 Å². The number of nitrogens with one attached hydrogen (secondary N) is 1. The van der Waals surface area contributed by atoms with E-state index in [4.69, 9.17) is 9.84 Å². The van der Waals surface area contributed by atoms with Gasteiger partial charge in [-0.1, -0.05) is 6.07 Å². The summed E-state index contributed by atoms with van der Waals surface area (Å²) in [5, 5.41) is 11.3. The number of carboxylic acids is 1. The summed E-state index contributed by atoms with van der Waals surface area (Å²) in [6.45, 7) is 0.312. The molecule has 0 fully saturated rings. The molecule has 0 aliphatic carbocycles. The van der Waals surface area contributed by atoms with Gasteiger partial charge in [-0.15, -0.1) is 0 Å². The largest absolute Gasteiger partial charge is 0.479 e. The molecule has 1 unspecified atom stereocenters. The molecule has 7 nitrogen and oxygen atoms in total. The van der Waals surface area contributed by atoms with E-state index in [1.54, 1.807) is 25.5 Å². The lowest BCUT2D eigenvalue weighted by Gasteiger charge is -2.19. The summed E-state index contributed by atoms with van der Waals surface area (Å²) in [6.07, 6.45) is 2.27. The molecule has 0 aromatic carbocycles. The molecule has 1 aromatic rings. The number of hydrogen-bond donors (Lipinski definition) is 2. The number of carboxylic acid groups (broad SMARTS) is 1. The Morgan fingerprint density at radius 1 is 1.58 bits per heavy atom. The van der Waals surface area contributed by atoms with Gasteiger partial charge in [-0.3, -0.25) is 4.98 Å². The fourth-order valence-corrected chi connectivity index (χ4v) is 1.42. The number of amides is 2. The Kier molecular flexibility index (Phi) is 5.74. The van der Waals surface area contributed by atoms with E-state index in [0.717, 1.165) is 5.56 Å². The summed E-state index contributed by atoms with van der Waals surface area (Å²) in [5.41, 5.74) is 0.890. The van der Waals surface area contributed by atoms with E-state index in [0.29, 0.717) is 6.54 Å². The van der Waals surface area contributed by atoms with Crippen molar-refractivity contribution >= 4 is 12.0 Å². The summed E-state index contributed by atoms with van der Waals surface area (Å²) in [6, 6.07) is 3.27. The molecule has 0 radical (unpaired) electrons. The SMILES string of the molecule is COC(CNC(=O)N(C)Cc1cccnc1)C(=O)O. The van der Waals surface area contributed by atoms with Gasteiger partial charge < -0.3 is 20.1 Å². The number of ether oxygens (including phenoxy) is 1. The zero-order chi connectivity index (χ0) is 14.3. The molecule has 1 rings (SSSR count). The smallest absolute Gasteiger partial charge is 0.334 e. The third kappa shape index (κ3) is 4.92. The van der Waals surface area contributed by atoms with Gasteiger partial charge in [0.15, 0.2) is 6.10 Å². The third-order valence-corrected chi connectivity index (χ3v) is 2.49. The summed E-state index contributed by atoms with van der Waals surface area (Å²) in [7, 11) is 2.90. The Bertz CT molecular complexity index is 424. The van der Waals surface area contributed by atoms with Crippen LogP contribution in [0.4, 0.5) is 4.79 Å². The van der Waals surface area contributed by atoms with Crippen LogP contribution in [0.3, 0.4) is 0 Å². The quantitative estimate of drug-likeness (QED) is 0.774. The first-order valence-electron chi connectivity index (χ1n) is 5.68. The van der Waals surface area contributed by atoms with Gasteiger partial charge in [0.2, 0.25) is 0 Å². The van der Waals surface area contributed by atoms with Crippen LogP contribution in [-0.4, -0.2) is 53.8 Å². The van der Waals surface area contributed by atoms with Crippen molar-refractivity contribution in [3.63, 3.8) is 0 Å². The lowest BCUT2D eigenvalue weighted by Crippen LogP contribution is -2.43. The number of pyridine rings is 1. The topological polar surface area (TPSA) is 91.8 Å². The maximum Gasteiger partial charge on any atom is 0.334 e. The predicted octanol–water partition coefficient (Wildman–Crippen LogP) is 0.323. The Balaban J connectivity index is 2.43. The number of nitrogens with zero attached hydrogens (tertiary/aromatic N) is 2. The van der Waals surface area contributed by atoms with Crippen molar-refractivity contribution in [3.8, 4) is 0 Å². The summed E-state index contributed by atoms with van der Waals surface area (Å²) < 4.78 is 4.72. The van der Waals surface area contributed by atoms with E-state index in [9.17, 15) is 9.59 Å². The van der Waals surface area contributed by atoms with Gasteiger partial charge >= 0.3 is 12.0 Å². The van der Waals surface area contributed by atoms with Crippen LogP contribution in [0.15, 0.2) is 24.5 Å². The zero-order valence-corrected chi connectivity index (χ0v) is 10.9. The molecule has 0 aliphatic heterocycles. The highest BCUT2D eigenvalue weighted by molar-refractivity contribution is 5.76. The minimum Gasteiger partial charge on any atom is -0.479 e. The minimum atomic E-state index is -1.11. The molecule has 19 heavy (non-hydrogen) atoms. The molecule has 7 heteroatoms. The van der Waals surface area contributed by atoms with Crippen molar-refractivity contribution in [1.29, 1.82) is 0 Å². The normalized spacial score (nSPS) is 11.7. The molecule has 0 saturated heterocycles. The second-order valence-corrected chi connectivity index (χ2v) is 3.97. The fourth-order valence-electron chi connectivity index (χ4n) is 1.42. The van der Waals surface area contributed by atoms with Crippen LogP contribution in [-0.2, 0) is 16.1 Å². The number of urea groups is 1. The van der Waals surface area contributed by atoms with E-state index in [1.165, 1.54) is 12.0 Å². The van der Waals surface area contributed by atoms with E-state index in [-0.39, 0.29) is 12.6 Å². The van der Waals surface area contributed by atoms with Crippen LogP contribution in [0, 0.1) is 0 Å².